The third-order valence-corrected chi connectivity index (χ3v) is 5.52. The standard InChI is InChI=1S/C21H30N2O4/c1-15-12-22(14-21(2,3)27-15)13-20(24)23-8-4-5-17(23)16-6-7-18-19(11-16)26-10-9-25-18/h6-7,11,15,17H,4-5,8-10,12-14H2,1-3H3. The third-order valence-electron chi connectivity index (χ3n) is 5.52. The molecule has 0 saturated carbocycles. The molecule has 2 unspecified atom stereocenters. The van der Waals surface area contributed by atoms with E-state index in [0.29, 0.717) is 19.8 Å². The van der Waals surface area contributed by atoms with E-state index in [9.17, 15) is 4.79 Å². The lowest BCUT2D eigenvalue weighted by Gasteiger charge is -2.42. The van der Waals surface area contributed by atoms with Crippen LogP contribution in [0.4, 0.5) is 0 Å². The molecule has 1 aromatic carbocycles. The topological polar surface area (TPSA) is 51.2 Å². The maximum absolute atomic E-state index is 13.1. The Morgan fingerprint density at radius 1 is 1.22 bits per heavy atom. The quantitative estimate of drug-likeness (QED) is 0.814. The SMILES string of the molecule is CC1CN(CC(=O)N2CCCC2c2ccc3c(c2)OCCO3)CC(C)(C)O1. The predicted octanol–water partition coefficient (Wildman–Crippen LogP) is 2.62. The maximum atomic E-state index is 13.1. The van der Waals surface area contributed by atoms with E-state index >= 15 is 0 Å². The number of likely N-dealkylation sites (tertiary alicyclic amines) is 1. The van der Waals surface area contributed by atoms with Gasteiger partial charge in [-0.15, -0.1) is 0 Å². The monoisotopic (exact) mass is 374 g/mol. The molecule has 3 aliphatic heterocycles. The molecule has 1 amide bonds. The van der Waals surface area contributed by atoms with E-state index in [1.54, 1.807) is 0 Å². The van der Waals surface area contributed by atoms with Crippen molar-refractivity contribution in [3.8, 4) is 11.5 Å². The van der Waals surface area contributed by atoms with E-state index in [1.807, 2.05) is 17.0 Å². The van der Waals surface area contributed by atoms with Gasteiger partial charge in [-0.1, -0.05) is 6.07 Å². The van der Waals surface area contributed by atoms with Crippen molar-refractivity contribution in [3.63, 3.8) is 0 Å². The third kappa shape index (κ3) is 4.06. The number of rotatable bonds is 3. The molecule has 0 aliphatic carbocycles. The zero-order valence-electron chi connectivity index (χ0n) is 16.6. The molecule has 27 heavy (non-hydrogen) atoms. The number of carbonyl (C=O) groups is 1. The number of hydrogen-bond acceptors (Lipinski definition) is 5. The van der Waals surface area contributed by atoms with Gasteiger partial charge in [-0.2, -0.15) is 0 Å². The molecule has 6 nitrogen and oxygen atoms in total. The van der Waals surface area contributed by atoms with Crippen molar-refractivity contribution < 1.29 is 19.0 Å². The fourth-order valence-electron chi connectivity index (χ4n) is 4.67. The number of benzene rings is 1. The number of carbonyl (C=O) groups excluding carboxylic acids is 1. The predicted molar refractivity (Wildman–Crippen MR) is 102 cm³/mol. The van der Waals surface area contributed by atoms with Crippen LogP contribution in [0.1, 0.15) is 45.2 Å². The lowest BCUT2D eigenvalue weighted by Crippen LogP contribution is -2.54. The van der Waals surface area contributed by atoms with Crippen LogP contribution < -0.4 is 9.47 Å². The summed E-state index contributed by atoms with van der Waals surface area (Å²) in [4.78, 5) is 17.4. The minimum Gasteiger partial charge on any atom is -0.486 e. The molecule has 0 bridgehead atoms. The van der Waals surface area contributed by atoms with Crippen LogP contribution >= 0.6 is 0 Å². The number of amides is 1. The highest BCUT2D eigenvalue weighted by atomic mass is 16.6. The van der Waals surface area contributed by atoms with Crippen LogP contribution in [0.5, 0.6) is 11.5 Å². The van der Waals surface area contributed by atoms with Gasteiger partial charge in [-0.05, 0) is 51.3 Å². The van der Waals surface area contributed by atoms with Gasteiger partial charge < -0.3 is 19.1 Å². The van der Waals surface area contributed by atoms with Crippen molar-refractivity contribution in [1.82, 2.24) is 9.80 Å². The van der Waals surface area contributed by atoms with Crippen LogP contribution in [0.25, 0.3) is 0 Å². The molecule has 2 saturated heterocycles. The fourth-order valence-corrected chi connectivity index (χ4v) is 4.67. The van der Waals surface area contributed by atoms with Gasteiger partial charge in [0.25, 0.3) is 0 Å². The highest BCUT2D eigenvalue weighted by molar-refractivity contribution is 5.79. The lowest BCUT2D eigenvalue weighted by atomic mass is 10.0. The summed E-state index contributed by atoms with van der Waals surface area (Å²) in [6, 6.07) is 6.21. The van der Waals surface area contributed by atoms with Gasteiger partial charge in [0.15, 0.2) is 11.5 Å². The summed E-state index contributed by atoms with van der Waals surface area (Å²) in [5.41, 5.74) is 0.929. The summed E-state index contributed by atoms with van der Waals surface area (Å²) in [5, 5.41) is 0. The number of ether oxygens (including phenoxy) is 3. The first-order valence-electron chi connectivity index (χ1n) is 10.0. The van der Waals surface area contributed by atoms with Gasteiger partial charge in [-0.3, -0.25) is 9.69 Å². The smallest absolute Gasteiger partial charge is 0.237 e. The van der Waals surface area contributed by atoms with Gasteiger partial charge >= 0.3 is 0 Å². The summed E-state index contributed by atoms with van der Waals surface area (Å²) < 4.78 is 17.3. The summed E-state index contributed by atoms with van der Waals surface area (Å²) in [5.74, 6) is 1.80. The summed E-state index contributed by atoms with van der Waals surface area (Å²) in [7, 11) is 0. The average Bonchev–Trinajstić information content (AvgIpc) is 3.09. The van der Waals surface area contributed by atoms with Gasteiger partial charge in [0.05, 0.1) is 24.3 Å². The molecule has 148 valence electrons. The van der Waals surface area contributed by atoms with Crippen LogP contribution in [0.15, 0.2) is 18.2 Å². The molecule has 6 heteroatoms. The Labute approximate surface area is 161 Å². The second-order valence-electron chi connectivity index (χ2n) is 8.51. The zero-order valence-corrected chi connectivity index (χ0v) is 16.6. The number of nitrogens with zero attached hydrogens (tertiary/aromatic N) is 2. The number of hydrogen-bond donors (Lipinski definition) is 0. The Morgan fingerprint density at radius 2 is 2.00 bits per heavy atom. The Balaban J connectivity index is 1.46. The van der Waals surface area contributed by atoms with Gasteiger partial charge in [0.2, 0.25) is 5.91 Å². The highest BCUT2D eigenvalue weighted by Gasteiger charge is 2.35. The van der Waals surface area contributed by atoms with Crippen molar-refractivity contribution in [2.45, 2.75) is 51.4 Å². The Hall–Kier alpha value is -1.79. The van der Waals surface area contributed by atoms with Crippen molar-refractivity contribution >= 4 is 5.91 Å². The molecule has 2 atom stereocenters. The first-order valence-corrected chi connectivity index (χ1v) is 10.0. The van der Waals surface area contributed by atoms with Gasteiger partial charge in [-0.25, -0.2) is 0 Å². The van der Waals surface area contributed by atoms with E-state index in [2.05, 4.69) is 31.7 Å². The molecule has 0 spiro atoms. The lowest BCUT2D eigenvalue weighted by molar-refractivity contribution is -0.146. The van der Waals surface area contributed by atoms with Crippen molar-refractivity contribution in [2.24, 2.45) is 0 Å². The highest BCUT2D eigenvalue weighted by Crippen LogP contribution is 2.38. The normalized spacial score (nSPS) is 27.6. The molecule has 1 aromatic rings. The molecule has 4 rings (SSSR count). The molecule has 0 aromatic heterocycles. The van der Waals surface area contributed by atoms with Crippen molar-refractivity contribution in [2.75, 3.05) is 39.4 Å². The van der Waals surface area contributed by atoms with Crippen molar-refractivity contribution in [1.29, 1.82) is 0 Å². The first kappa shape index (κ1) is 18.6. The second-order valence-corrected chi connectivity index (χ2v) is 8.51. The van der Waals surface area contributed by atoms with Crippen molar-refractivity contribution in [3.05, 3.63) is 23.8 Å². The molecule has 2 fully saturated rings. The van der Waals surface area contributed by atoms with E-state index in [0.717, 1.165) is 49.5 Å². The van der Waals surface area contributed by atoms with E-state index in [-0.39, 0.29) is 23.7 Å². The molecular weight excluding hydrogens is 344 g/mol. The van der Waals surface area contributed by atoms with Gasteiger partial charge in [0, 0.05) is 19.6 Å². The molecule has 3 aliphatic rings. The van der Waals surface area contributed by atoms with E-state index in [1.165, 1.54) is 0 Å². The Kier molecular flexibility index (Phi) is 5.03. The minimum atomic E-state index is -0.210. The molecule has 3 heterocycles. The first-order chi connectivity index (χ1) is 12.9. The fraction of sp³-hybridized carbons (Fsp3) is 0.667. The van der Waals surface area contributed by atoms with E-state index < -0.39 is 0 Å². The Morgan fingerprint density at radius 3 is 2.78 bits per heavy atom. The van der Waals surface area contributed by atoms with Crippen LogP contribution in [0, 0.1) is 0 Å². The Bertz CT molecular complexity index is 705. The average molecular weight is 374 g/mol. The van der Waals surface area contributed by atoms with Crippen LogP contribution in [0.3, 0.4) is 0 Å². The number of fused-ring (bicyclic) bond motifs is 1. The van der Waals surface area contributed by atoms with Gasteiger partial charge in [0.1, 0.15) is 13.2 Å². The second kappa shape index (κ2) is 7.32. The maximum Gasteiger partial charge on any atom is 0.237 e. The van der Waals surface area contributed by atoms with Crippen LogP contribution in [0.2, 0.25) is 0 Å². The summed E-state index contributed by atoms with van der Waals surface area (Å²) in [6.07, 6.45) is 2.18. The largest absolute Gasteiger partial charge is 0.486 e. The molecular formula is C21H30N2O4. The summed E-state index contributed by atoms with van der Waals surface area (Å²) >= 11 is 0. The summed E-state index contributed by atoms with van der Waals surface area (Å²) in [6.45, 7) is 10.3. The zero-order chi connectivity index (χ0) is 19.0. The minimum absolute atomic E-state index is 0.125. The number of morpholine rings is 1. The van der Waals surface area contributed by atoms with Crippen LogP contribution in [-0.2, 0) is 9.53 Å². The molecule has 0 N–H and O–H groups in total. The van der Waals surface area contributed by atoms with E-state index in [4.69, 9.17) is 14.2 Å². The van der Waals surface area contributed by atoms with Crippen LogP contribution in [-0.4, -0.2) is 66.8 Å². The molecule has 0 radical (unpaired) electrons.